The molecule has 0 radical (unpaired) electrons. The lowest BCUT2D eigenvalue weighted by Gasteiger charge is -2.20. The maximum atomic E-state index is 12.7. The number of nitrogens with one attached hydrogen (secondary N) is 3. The van der Waals surface area contributed by atoms with E-state index < -0.39 is 6.04 Å². The van der Waals surface area contributed by atoms with Crippen LogP contribution in [0.3, 0.4) is 0 Å². The van der Waals surface area contributed by atoms with Crippen molar-refractivity contribution in [1.82, 2.24) is 16.0 Å². The van der Waals surface area contributed by atoms with Crippen molar-refractivity contribution in [3.05, 3.63) is 82.4 Å². The molecule has 1 heterocycles. The van der Waals surface area contributed by atoms with Crippen molar-refractivity contribution in [3.63, 3.8) is 0 Å². The van der Waals surface area contributed by atoms with Crippen molar-refractivity contribution in [1.29, 1.82) is 0 Å². The minimum atomic E-state index is -0.438. The van der Waals surface area contributed by atoms with Crippen LogP contribution >= 0.6 is 24.0 Å². The number of benzene rings is 2. The summed E-state index contributed by atoms with van der Waals surface area (Å²) < 4.78 is 0. The van der Waals surface area contributed by atoms with Crippen molar-refractivity contribution < 1.29 is 9.59 Å². The summed E-state index contributed by atoms with van der Waals surface area (Å²) in [6, 6.07) is 15.9. The minimum Gasteiger partial charge on any atom is -0.352 e. The lowest BCUT2D eigenvalue weighted by Crippen LogP contribution is -2.35. The second-order valence-electron chi connectivity index (χ2n) is 6.71. The average Bonchev–Trinajstić information content (AvgIpc) is 2.73. The van der Waals surface area contributed by atoms with Gasteiger partial charge in [-0.05, 0) is 30.7 Å². The standard InChI is InChI=1S/C22H24ClN3O2.ClH/c23-19-9-5-4-8-18(19)22(28)26-20(17-6-2-1-3-7-17)14-21(27)25-15-16-10-12-24-13-11-16;/h1-10,20,24H,11-15H2,(H,25,27)(H,26,28);1H. The Labute approximate surface area is 182 Å². The van der Waals surface area contributed by atoms with Gasteiger partial charge in [-0.25, -0.2) is 0 Å². The number of carbonyl (C=O) groups is 2. The summed E-state index contributed by atoms with van der Waals surface area (Å²) >= 11 is 6.14. The zero-order valence-corrected chi connectivity index (χ0v) is 17.6. The largest absolute Gasteiger partial charge is 0.352 e. The first-order chi connectivity index (χ1) is 13.6. The number of rotatable bonds is 7. The summed E-state index contributed by atoms with van der Waals surface area (Å²) in [4.78, 5) is 25.2. The first kappa shape index (κ1) is 22.9. The molecule has 154 valence electrons. The normalized spacial score (nSPS) is 14.2. The molecule has 2 amide bonds. The third kappa shape index (κ3) is 6.89. The molecule has 1 aliphatic heterocycles. The molecule has 0 bridgehead atoms. The van der Waals surface area contributed by atoms with E-state index in [2.05, 4.69) is 22.0 Å². The van der Waals surface area contributed by atoms with E-state index in [1.54, 1.807) is 24.3 Å². The van der Waals surface area contributed by atoms with E-state index in [-0.39, 0.29) is 30.6 Å². The van der Waals surface area contributed by atoms with Crippen LogP contribution in [-0.4, -0.2) is 31.4 Å². The third-order valence-corrected chi connectivity index (χ3v) is 5.02. The van der Waals surface area contributed by atoms with E-state index in [4.69, 9.17) is 11.6 Å². The fraction of sp³-hybridized carbons (Fsp3) is 0.273. The van der Waals surface area contributed by atoms with E-state index >= 15 is 0 Å². The van der Waals surface area contributed by atoms with Crippen molar-refractivity contribution >= 4 is 35.8 Å². The third-order valence-electron chi connectivity index (χ3n) is 4.69. The van der Waals surface area contributed by atoms with Crippen molar-refractivity contribution in [2.75, 3.05) is 19.6 Å². The van der Waals surface area contributed by atoms with Crippen LogP contribution in [0.15, 0.2) is 66.2 Å². The number of hydrogen-bond donors (Lipinski definition) is 3. The highest BCUT2D eigenvalue weighted by atomic mass is 35.5. The van der Waals surface area contributed by atoms with Gasteiger partial charge in [0.15, 0.2) is 0 Å². The predicted molar refractivity (Wildman–Crippen MR) is 119 cm³/mol. The molecule has 1 aliphatic rings. The van der Waals surface area contributed by atoms with E-state index in [9.17, 15) is 9.59 Å². The molecule has 7 heteroatoms. The number of carbonyl (C=O) groups excluding carboxylic acids is 2. The van der Waals surface area contributed by atoms with E-state index in [1.165, 1.54) is 5.57 Å². The average molecular weight is 434 g/mol. The van der Waals surface area contributed by atoms with Crippen LogP contribution in [0, 0.1) is 0 Å². The summed E-state index contributed by atoms with van der Waals surface area (Å²) in [5, 5.41) is 9.55. The summed E-state index contributed by atoms with van der Waals surface area (Å²) in [5.41, 5.74) is 2.49. The van der Waals surface area contributed by atoms with Crippen LogP contribution in [-0.2, 0) is 4.79 Å². The molecule has 0 saturated carbocycles. The quantitative estimate of drug-likeness (QED) is 0.583. The highest BCUT2D eigenvalue weighted by Crippen LogP contribution is 2.20. The SMILES string of the molecule is Cl.O=C(CC(NC(=O)c1ccccc1Cl)c1ccccc1)NCC1=CCNCC1. The molecule has 0 aliphatic carbocycles. The molecular formula is C22H25Cl2N3O2. The van der Waals surface area contributed by atoms with E-state index in [0.717, 1.165) is 25.1 Å². The Morgan fingerprint density at radius 3 is 2.48 bits per heavy atom. The van der Waals surface area contributed by atoms with Gasteiger partial charge in [0.2, 0.25) is 5.91 Å². The van der Waals surface area contributed by atoms with Gasteiger partial charge in [0.05, 0.1) is 23.0 Å². The molecule has 1 unspecified atom stereocenters. The Bertz CT molecular complexity index is 856. The molecule has 29 heavy (non-hydrogen) atoms. The highest BCUT2D eigenvalue weighted by molar-refractivity contribution is 6.33. The van der Waals surface area contributed by atoms with Crippen LogP contribution in [0.4, 0.5) is 0 Å². The van der Waals surface area contributed by atoms with Gasteiger partial charge >= 0.3 is 0 Å². The maximum Gasteiger partial charge on any atom is 0.253 e. The van der Waals surface area contributed by atoms with Gasteiger partial charge in [-0.2, -0.15) is 0 Å². The fourth-order valence-electron chi connectivity index (χ4n) is 3.12. The molecule has 0 saturated heterocycles. The Balaban J connectivity index is 0.00000300. The molecule has 5 nitrogen and oxygen atoms in total. The first-order valence-corrected chi connectivity index (χ1v) is 9.77. The van der Waals surface area contributed by atoms with Crippen LogP contribution in [0.2, 0.25) is 5.02 Å². The fourth-order valence-corrected chi connectivity index (χ4v) is 3.34. The molecule has 3 rings (SSSR count). The lowest BCUT2D eigenvalue weighted by molar-refractivity contribution is -0.121. The van der Waals surface area contributed by atoms with Crippen LogP contribution in [0.1, 0.15) is 34.8 Å². The first-order valence-electron chi connectivity index (χ1n) is 9.39. The van der Waals surface area contributed by atoms with Crippen LogP contribution in [0.25, 0.3) is 0 Å². The number of halogens is 2. The molecule has 0 fully saturated rings. The number of amides is 2. The monoisotopic (exact) mass is 433 g/mol. The summed E-state index contributed by atoms with van der Waals surface area (Å²) in [5.74, 6) is -0.402. The van der Waals surface area contributed by atoms with Gasteiger partial charge in [0.25, 0.3) is 5.91 Å². The molecule has 2 aromatic carbocycles. The molecule has 1 atom stereocenters. The molecule has 3 N–H and O–H groups in total. The van der Waals surface area contributed by atoms with Gasteiger partial charge < -0.3 is 16.0 Å². The van der Waals surface area contributed by atoms with Gasteiger partial charge in [-0.3, -0.25) is 9.59 Å². The van der Waals surface area contributed by atoms with Gasteiger partial charge in [0.1, 0.15) is 0 Å². The van der Waals surface area contributed by atoms with Crippen LogP contribution < -0.4 is 16.0 Å². The zero-order chi connectivity index (χ0) is 19.8. The maximum absolute atomic E-state index is 12.7. The summed E-state index contributed by atoms with van der Waals surface area (Å²) in [6.07, 6.45) is 3.20. The van der Waals surface area contributed by atoms with Crippen molar-refractivity contribution in [2.24, 2.45) is 0 Å². The zero-order valence-electron chi connectivity index (χ0n) is 16.0. The Hall–Kier alpha value is -2.34. The summed E-state index contributed by atoms with van der Waals surface area (Å²) in [6.45, 7) is 2.31. The molecule has 2 aromatic rings. The highest BCUT2D eigenvalue weighted by Gasteiger charge is 2.20. The van der Waals surface area contributed by atoms with Crippen molar-refractivity contribution in [3.8, 4) is 0 Å². The Kier molecular flexibility index (Phi) is 9.19. The Morgan fingerprint density at radius 2 is 1.79 bits per heavy atom. The second kappa shape index (κ2) is 11.6. The summed E-state index contributed by atoms with van der Waals surface area (Å²) in [7, 11) is 0. The van der Waals surface area contributed by atoms with Gasteiger partial charge in [0, 0.05) is 13.1 Å². The number of hydrogen-bond acceptors (Lipinski definition) is 3. The van der Waals surface area contributed by atoms with Gasteiger partial charge in [-0.15, -0.1) is 12.4 Å². The van der Waals surface area contributed by atoms with E-state index in [0.29, 0.717) is 17.1 Å². The molecular weight excluding hydrogens is 409 g/mol. The topological polar surface area (TPSA) is 70.2 Å². The lowest BCUT2D eigenvalue weighted by atomic mass is 10.0. The minimum absolute atomic E-state index is 0. The second-order valence-corrected chi connectivity index (χ2v) is 7.12. The van der Waals surface area contributed by atoms with Gasteiger partial charge in [-0.1, -0.05) is 65.7 Å². The van der Waals surface area contributed by atoms with Crippen molar-refractivity contribution in [2.45, 2.75) is 18.9 Å². The smallest absolute Gasteiger partial charge is 0.253 e. The molecule has 0 aromatic heterocycles. The Morgan fingerprint density at radius 1 is 1.07 bits per heavy atom. The predicted octanol–water partition coefficient (Wildman–Crippen LogP) is 3.66. The van der Waals surface area contributed by atoms with Crippen LogP contribution in [0.5, 0.6) is 0 Å². The van der Waals surface area contributed by atoms with E-state index in [1.807, 2.05) is 30.3 Å². The molecule has 0 spiro atoms.